The second kappa shape index (κ2) is 3.80. The summed E-state index contributed by atoms with van der Waals surface area (Å²) in [6.07, 6.45) is 0.102. The Morgan fingerprint density at radius 3 is 2.92 bits per heavy atom. The number of nitrogens with zero attached hydrogens (tertiary/aromatic N) is 1. The van der Waals surface area contributed by atoms with Gasteiger partial charge in [0.05, 0.1) is 4.92 Å². The lowest BCUT2D eigenvalue weighted by molar-refractivity contribution is -0.385. The van der Waals surface area contributed by atoms with Crippen molar-refractivity contribution in [2.75, 3.05) is 0 Å². The zero-order valence-corrected chi connectivity index (χ0v) is 7.11. The molecule has 1 aromatic rings. The minimum absolute atomic E-state index is 0.0438. The summed E-state index contributed by atoms with van der Waals surface area (Å²) < 4.78 is 0. The van der Waals surface area contributed by atoms with E-state index in [4.69, 9.17) is 0 Å². The fraction of sp³-hybridized carbons (Fsp3) is 0.222. The van der Waals surface area contributed by atoms with Crippen molar-refractivity contribution in [2.45, 2.75) is 13.3 Å². The van der Waals surface area contributed by atoms with Crippen molar-refractivity contribution in [3.63, 3.8) is 0 Å². The van der Waals surface area contributed by atoms with Crippen LogP contribution >= 0.6 is 0 Å². The van der Waals surface area contributed by atoms with Crippen molar-refractivity contribution in [3.8, 4) is 0 Å². The predicted molar refractivity (Wildman–Crippen MR) is 46.3 cm³/mol. The summed E-state index contributed by atoms with van der Waals surface area (Å²) in [7, 11) is 0. The summed E-state index contributed by atoms with van der Waals surface area (Å²) in [4.78, 5) is 20.7. The number of ketones is 1. The van der Waals surface area contributed by atoms with Gasteiger partial charge in [-0.2, -0.15) is 0 Å². The Balaban J connectivity index is 3.04. The maximum absolute atomic E-state index is 10.8. The summed E-state index contributed by atoms with van der Waals surface area (Å²) >= 11 is 0. The lowest BCUT2D eigenvalue weighted by Gasteiger charge is -1.98. The Kier molecular flexibility index (Phi) is 2.74. The van der Waals surface area contributed by atoms with Crippen LogP contribution in [0.4, 0.5) is 5.69 Å². The summed E-state index contributed by atoms with van der Waals surface area (Å²) in [6.45, 7) is 1.40. The van der Waals surface area contributed by atoms with Crippen LogP contribution in [0.2, 0.25) is 0 Å². The molecule has 0 aliphatic heterocycles. The molecule has 4 heteroatoms. The molecule has 0 unspecified atom stereocenters. The van der Waals surface area contributed by atoms with Crippen molar-refractivity contribution >= 4 is 11.5 Å². The van der Waals surface area contributed by atoms with Crippen molar-refractivity contribution in [1.82, 2.24) is 0 Å². The van der Waals surface area contributed by atoms with Crippen LogP contribution in [-0.2, 0) is 11.2 Å². The summed E-state index contributed by atoms with van der Waals surface area (Å²) in [5, 5.41) is 10.5. The average Bonchev–Trinajstić information content (AvgIpc) is 2.03. The molecule has 1 radical (unpaired) electrons. The van der Waals surface area contributed by atoms with Crippen LogP contribution in [0.3, 0.4) is 0 Å². The summed E-state index contributed by atoms with van der Waals surface area (Å²) in [5.41, 5.74) is 0.397. The van der Waals surface area contributed by atoms with Gasteiger partial charge >= 0.3 is 0 Å². The molecule has 0 bridgehead atoms. The van der Waals surface area contributed by atoms with Crippen molar-refractivity contribution in [2.24, 2.45) is 0 Å². The van der Waals surface area contributed by atoms with E-state index in [1.54, 1.807) is 12.1 Å². The number of benzene rings is 1. The fourth-order valence-corrected chi connectivity index (χ4v) is 1.04. The van der Waals surface area contributed by atoms with Gasteiger partial charge in [-0.3, -0.25) is 14.9 Å². The van der Waals surface area contributed by atoms with E-state index in [0.29, 0.717) is 5.56 Å². The van der Waals surface area contributed by atoms with Gasteiger partial charge in [0.15, 0.2) is 0 Å². The van der Waals surface area contributed by atoms with E-state index in [1.165, 1.54) is 13.0 Å². The van der Waals surface area contributed by atoms with Gasteiger partial charge in [0, 0.05) is 18.1 Å². The highest BCUT2D eigenvalue weighted by Gasteiger charge is 2.12. The normalized spacial score (nSPS) is 9.62. The highest BCUT2D eigenvalue weighted by Crippen LogP contribution is 2.17. The minimum atomic E-state index is -0.505. The first-order valence-corrected chi connectivity index (χ1v) is 3.74. The first-order valence-electron chi connectivity index (χ1n) is 3.74. The molecule has 0 amide bonds. The first-order chi connectivity index (χ1) is 6.11. The van der Waals surface area contributed by atoms with E-state index in [2.05, 4.69) is 6.07 Å². The lowest BCUT2D eigenvalue weighted by atomic mass is 10.1. The smallest absolute Gasteiger partial charge is 0.273 e. The van der Waals surface area contributed by atoms with Gasteiger partial charge in [-0.1, -0.05) is 12.1 Å². The molecule has 0 aliphatic carbocycles. The fourth-order valence-electron chi connectivity index (χ4n) is 1.04. The summed E-state index contributed by atoms with van der Waals surface area (Å²) in [5.74, 6) is -0.0886. The Hall–Kier alpha value is -1.71. The second-order valence-corrected chi connectivity index (χ2v) is 2.69. The molecule has 0 fully saturated rings. The third kappa shape index (κ3) is 2.37. The Morgan fingerprint density at radius 1 is 1.69 bits per heavy atom. The minimum Gasteiger partial charge on any atom is -0.300 e. The number of carbonyl (C=O) groups excluding carboxylic acids is 1. The van der Waals surface area contributed by atoms with Crippen LogP contribution in [0, 0.1) is 16.2 Å². The lowest BCUT2D eigenvalue weighted by Crippen LogP contribution is -2.00. The molecule has 0 heterocycles. The third-order valence-electron chi connectivity index (χ3n) is 1.57. The molecular weight excluding hydrogens is 170 g/mol. The van der Waals surface area contributed by atoms with Crippen LogP contribution in [0.1, 0.15) is 12.5 Å². The highest BCUT2D eigenvalue weighted by atomic mass is 16.6. The molecule has 67 valence electrons. The second-order valence-electron chi connectivity index (χ2n) is 2.69. The molecule has 0 saturated heterocycles. The molecular formula is C9H8NO3. The standard InChI is InChI=1S/C9H8NO3/c1-7(11)6-8-4-2-3-5-9(8)10(12)13/h2,4-5H,6H2,1H3. The molecule has 13 heavy (non-hydrogen) atoms. The number of Topliss-reactive ketones (excluding diaryl/α,β-unsaturated/α-hetero) is 1. The van der Waals surface area contributed by atoms with Gasteiger partial charge in [0.1, 0.15) is 5.78 Å². The van der Waals surface area contributed by atoms with Crippen LogP contribution in [0.15, 0.2) is 18.2 Å². The average molecular weight is 178 g/mol. The maximum Gasteiger partial charge on any atom is 0.273 e. The van der Waals surface area contributed by atoms with Gasteiger partial charge in [0.2, 0.25) is 0 Å². The Morgan fingerprint density at radius 2 is 2.38 bits per heavy atom. The molecule has 0 N–H and O–H groups in total. The monoisotopic (exact) mass is 178 g/mol. The van der Waals surface area contributed by atoms with Crippen LogP contribution < -0.4 is 0 Å². The summed E-state index contributed by atoms with van der Waals surface area (Å²) in [6, 6.07) is 6.98. The number of hydrogen-bond acceptors (Lipinski definition) is 3. The number of nitro groups is 1. The van der Waals surface area contributed by atoms with Gasteiger partial charge in [-0.05, 0) is 13.0 Å². The van der Waals surface area contributed by atoms with E-state index in [9.17, 15) is 14.9 Å². The van der Waals surface area contributed by atoms with Crippen molar-refractivity contribution in [1.29, 1.82) is 0 Å². The van der Waals surface area contributed by atoms with E-state index in [0.717, 1.165) is 0 Å². The largest absolute Gasteiger partial charge is 0.300 e. The molecule has 0 aromatic heterocycles. The van der Waals surface area contributed by atoms with Crippen molar-refractivity contribution < 1.29 is 9.72 Å². The van der Waals surface area contributed by atoms with Crippen LogP contribution in [-0.4, -0.2) is 10.7 Å². The van der Waals surface area contributed by atoms with Crippen LogP contribution in [0.25, 0.3) is 0 Å². The van der Waals surface area contributed by atoms with Gasteiger partial charge in [-0.15, -0.1) is 0 Å². The number of rotatable bonds is 3. The number of carbonyl (C=O) groups is 1. The van der Waals surface area contributed by atoms with Gasteiger partial charge in [-0.25, -0.2) is 0 Å². The molecule has 0 aliphatic rings. The molecule has 0 atom stereocenters. The SMILES string of the molecule is CC(=O)Cc1cc[c]cc1[N+](=O)[O-]. The highest BCUT2D eigenvalue weighted by molar-refractivity contribution is 5.79. The maximum atomic E-state index is 10.8. The van der Waals surface area contributed by atoms with Crippen molar-refractivity contribution in [3.05, 3.63) is 39.9 Å². The predicted octanol–water partition coefficient (Wildman–Crippen LogP) is 1.53. The Labute approximate surface area is 75.3 Å². The van der Waals surface area contributed by atoms with E-state index in [-0.39, 0.29) is 17.9 Å². The van der Waals surface area contributed by atoms with E-state index >= 15 is 0 Å². The molecule has 1 aromatic carbocycles. The first kappa shape index (κ1) is 9.38. The van der Waals surface area contributed by atoms with E-state index in [1.807, 2.05) is 0 Å². The molecule has 0 spiro atoms. The molecule has 1 rings (SSSR count). The zero-order chi connectivity index (χ0) is 9.84. The Bertz CT molecular complexity index is 346. The van der Waals surface area contributed by atoms with Gasteiger partial charge < -0.3 is 0 Å². The zero-order valence-electron chi connectivity index (χ0n) is 7.11. The van der Waals surface area contributed by atoms with Crippen LogP contribution in [0.5, 0.6) is 0 Å². The third-order valence-corrected chi connectivity index (χ3v) is 1.57. The van der Waals surface area contributed by atoms with Gasteiger partial charge in [0.25, 0.3) is 5.69 Å². The quantitative estimate of drug-likeness (QED) is 0.520. The topological polar surface area (TPSA) is 60.2 Å². The molecule has 4 nitrogen and oxygen atoms in total. The number of hydrogen-bond donors (Lipinski definition) is 0. The molecule has 0 saturated carbocycles. The number of nitro benzene ring substituents is 1. The van der Waals surface area contributed by atoms with E-state index < -0.39 is 4.92 Å².